The molecule has 1 saturated heterocycles. The van der Waals surface area contributed by atoms with Crippen LogP contribution in [0.25, 0.3) is 0 Å². The molecule has 0 aliphatic carbocycles. The number of hydrogen-bond donors (Lipinski definition) is 1. The third-order valence-corrected chi connectivity index (χ3v) is 5.46. The molecule has 0 aromatic heterocycles. The second-order valence-corrected chi connectivity index (χ2v) is 7.73. The van der Waals surface area contributed by atoms with Gasteiger partial charge in [-0.05, 0) is 50.6 Å². The van der Waals surface area contributed by atoms with Crippen LogP contribution in [0.1, 0.15) is 45.2 Å². The minimum atomic E-state index is -0.555. The lowest BCUT2D eigenvalue weighted by Crippen LogP contribution is -2.38. The van der Waals surface area contributed by atoms with Crippen molar-refractivity contribution >= 4 is 11.7 Å². The zero-order valence-corrected chi connectivity index (χ0v) is 17.0. The molecule has 1 aromatic rings. The Kier molecular flexibility index (Phi) is 6.39. The fraction of sp³-hybridized carbons (Fsp3) is 0.545. The van der Waals surface area contributed by atoms with Crippen LogP contribution in [0, 0.1) is 5.92 Å². The molecule has 0 radical (unpaired) electrons. The van der Waals surface area contributed by atoms with E-state index in [1.807, 2.05) is 31.2 Å². The van der Waals surface area contributed by atoms with Crippen LogP contribution in [0.15, 0.2) is 35.6 Å². The lowest BCUT2D eigenvalue weighted by Gasteiger charge is -2.29. The fourth-order valence-corrected chi connectivity index (χ4v) is 3.96. The predicted molar refractivity (Wildman–Crippen MR) is 107 cm³/mol. The minimum Gasteiger partial charge on any atom is -0.503 e. The maximum absolute atomic E-state index is 12.8. The van der Waals surface area contributed by atoms with Crippen molar-refractivity contribution in [1.82, 2.24) is 9.80 Å². The van der Waals surface area contributed by atoms with Gasteiger partial charge in [0.25, 0.3) is 5.91 Å². The van der Waals surface area contributed by atoms with Gasteiger partial charge in [-0.15, -0.1) is 0 Å². The number of likely N-dealkylation sites (tertiary alicyclic amines) is 1. The van der Waals surface area contributed by atoms with E-state index in [-0.39, 0.29) is 17.3 Å². The SMILES string of the molecule is CCOc1ccc(C2C(C(=O)C(C)C)=C(O)C(=O)N2CCN2CCCC2)cc1. The van der Waals surface area contributed by atoms with E-state index in [2.05, 4.69) is 4.90 Å². The summed E-state index contributed by atoms with van der Waals surface area (Å²) in [7, 11) is 0. The predicted octanol–water partition coefficient (Wildman–Crippen LogP) is 3.10. The second-order valence-electron chi connectivity index (χ2n) is 7.73. The van der Waals surface area contributed by atoms with E-state index >= 15 is 0 Å². The molecule has 1 amide bonds. The zero-order chi connectivity index (χ0) is 20.3. The molecule has 0 saturated carbocycles. The Balaban J connectivity index is 1.91. The first-order valence-corrected chi connectivity index (χ1v) is 10.2. The van der Waals surface area contributed by atoms with Crippen LogP contribution in [0.2, 0.25) is 0 Å². The maximum atomic E-state index is 12.8. The quantitative estimate of drug-likeness (QED) is 0.743. The summed E-state index contributed by atoms with van der Waals surface area (Å²) < 4.78 is 5.50. The van der Waals surface area contributed by atoms with Crippen molar-refractivity contribution in [3.63, 3.8) is 0 Å². The second kappa shape index (κ2) is 8.78. The molecule has 0 bridgehead atoms. The van der Waals surface area contributed by atoms with Crippen LogP contribution in [-0.4, -0.2) is 59.4 Å². The van der Waals surface area contributed by atoms with Gasteiger partial charge >= 0.3 is 0 Å². The summed E-state index contributed by atoms with van der Waals surface area (Å²) in [5.74, 6) is -0.604. The Hall–Kier alpha value is -2.34. The van der Waals surface area contributed by atoms with Gasteiger partial charge in [0.1, 0.15) is 5.75 Å². The molecule has 6 heteroatoms. The van der Waals surface area contributed by atoms with Gasteiger partial charge in [0.05, 0.1) is 18.2 Å². The van der Waals surface area contributed by atoms with Crippen LogP contribution < -0.4 is 4.74 Å². The molecule has 1 N–H and O–H groups in total. The number of Topliss-reactive ketones (excluding diaryl/α,β-unsaturated/α-hetero) is 1. The summed E-state index contributed by atoms with van der Waals surface area (Å²) in [6.45, 7) is 9.36. The molecular weight excluding hydrogens is 356 g/mol. The third-order valence-electron chi connectivity index (χ3n) is 5.46. The average molecular weight is 386 g/mol. The molecule has 1 fully saturated rings. The summed E-state index contributed by atoms with van der Waals surface area (Å²) in [4.78, 5) is 29.6. The van der Waals surface area contributed by atoms with Crippen molar-refractivity contribution in [2.45, 2.75) is 39.7 Å². The zero-order valence-electron chi connectivity index (χ0n) is 17.0. The molecule has 1 aromatic carbocycles. The molecule has 2 heterocycles. The van der Waals surface area contributed by atoms with Crippen LogP contribution >= 0.6 is 0 Å². The number of aliphatic hydroxyl groups excluding tert-OH is 1. The Labute approximate surface area is 166 Å². The lowest BCUT2D eigenvalue weighted by atomic mass is 9.91. The summed E-state index contributed by atoms with van der Waals surface area (Å²) in [6, 6.07) is 6.88. The third kappa shape index (κ3) is 4.07. The number of benzene rings is 1. The van der Waals surface area contributed by atoms with Crippen molar-refractivity contribution in [3.05, 3.63) is 41.2 Å². The topological polar surface area (TPSA) is 70.1 Å². The molecule has 152 valence electrons. The van der Waals surface area contributed by atoms with Crippen molar-refractivity contribution in [2.75, 3.05) is 32.8 Å². The molecule has 28 heavy (non-hydrogen) atoms. The summed E-state index contributed by atoms with van der Waals surface area (Å²) in [6.07, 6.45) is 2.35. The number of amides is 1. The molecule has 0 spiro atoms. The number of aliphatic hydroxyl groups is 1. The number of ether oxygens (including phenoxy) is 1. The van der Waals surface area contributed by atoms with Gasteiger partial charge in [0, 0.05) is 19.0 Å². The fourth-order valence-electron chi connectivity index (χ4n) is 3.96. The van der Waals surface area contributed by atoms with Crippen molar-refractivity contribution in [2.24, 2.45) is 5.92 Å². The Morgan fingerprint density at radius 1 is 1.18 bits per heavy atom. The van der Waals surface area contributed by atoms with Crippen molar-refractivity contribution in [1.29, 1.82) is 0 Å². The first kappa shape index (κ1) is 20.4. The molecule has 1 unspecified atom stereocenters. The smallest absolute Gasteiger partial charge is 0.290 e. The maximum Gasteiger partial charge on any atom is 0.290 e. The molecule has 1 atom stereocenters. The summed E-state index contributed by atoms with van der Waals surface area (Å²) >= 11 is 0. The van der Waals surface area contributed by atoms with Crippen molar-refractivity contribution < 1.29 is 19.4 Å². The first-order chi connectivity index (χ1) is 13.4. The highest BCUT2D eigenvalue weighted by Crippen LogP contribution is 2.39. The lowest BCUT2D eigenvalue weighted by molar-refractivity contribution is -0.129. The molecule has 3 rings (SSSR count). The Bertz CT molecular complexity index is 748. The number of ketones is 1. The Morgan fingerprint density at radius 2 is 1.82 bits per heavy atom. The Morgan fingerprint density at radius 3 is 2.39 bits per heavy atom. The van der Waals surface area contributed by atoms with Crippen LogP contribution in [0.3, 0.4) is 0 Å². The number of carbonyl (C=O) groups is 2. The summed E-state index contributed by atoms with van der Waals surface area (Å²) in [5.41, 5.74) is 1.02. The number of nitrogens with zero attached hydrogens (tertiary/aromatic N) is 2. The normalized spacial score (nSPS) is 20.5. The van der Waals surface area contributed by atoms with Crippen LogP contribution in [0.4, 0.5) is 0 Å². The standard InChI is InChI=1S/C22H30N2O4/c1-4-28-17-9-7-16(8-10-17)19-18(20(25)15(2)3)21(26)22(27)24(19)14-13-23-11-5-6-12-23/h7-10,15,19,26H,4-6,11-14H2,1-3H3. The average Bonchev–Trinajstić information content (AvgIpc) is 3.28. The minimum absolute atomic E-state index is 0.187. The molecular formula is C22H30N2O4. The highest BCUT2D eigenvalue weighted by Gasteiger charge is 2.43. The molecule has 2 aliphatic rings. The van der Waals surface area contributed by atoms with E-state index in [0.717, 1.165) is 30.9 Å². The highest BCUT2D eigenvalue weighted by atomic mass is 16.5. The largest absolute Gasteiger partial charge is 0.503 e. The number of carbonyl (C=O) groups excluding carboxylic acids is 2. The molecule has 6 nitrogen and oxygen atoms in total. The van der Waals surface area contributed by atoms with E-state index < -0.39 is 17.7 Å². The van der Waals surface area contributed by atoms with Gasteiger partial charge in [-0.1, -0.05) is 26.0 Å². The monoisotopic (exact) mass is 386 g/mol. The first-order valence-electron chi connectivity index (χ1n) is 10.2. The summed E-state index contributed by atoms with van der Waals surface area (Å²) in [5, 5.41) is 10.5. The van der Waals surface area contributed by atoms with E-state index in [9.17, 15) is 14.7 Å². The van der Waals surface area contributed by atoms with E-state index in [0.29, 0.717) is 13.2 Å². The van der Waals surface area contributed by atoms with Gasteiger partial charge in [-0.25, -0.2) is 0 Å². The van der Waals surface area contributed by atoms with Crippen LogP contribution in [-0.2, 0) is 9.59 Å². The van der Waals surface area contributed by atoms with Gasteiger partial charge < -0.3 is 19.6 Å². The van der Waals surface area contributed by atoms with E-state index in [1.165, 1.54) is 12.8 Å². The van der Waals surface area contributed by atoms with Gasteiger partial charge in [-0.3, -0.25) is 9.59 Å². The van der Waals surface area contributed by atoms with Crippen molar-refractivity contribution in [3.8, 4) is 5.75 Å². The number of rotatable bonds is 8. The highest BCUT2D eigenvalue weighted by molar-refractivity contribution is 6.09. The van der Waals surface area contributed by atoms with E-state index in [4.69, 9.17) is 4.74 Å². The van der Waals surface area contributed by atoms with Gasteiger partial charge in [-0.2, -0.15) is 0 Å². The van der Waals surface area contributed by atoms with Gasteiger partial charge in [0.2, 0.25) is 0 Å². The van der Waals surface area contributed by atoms with Gasteiger partial charge in [0.15, 0.2) is 11.5 Å². The van der Waals surface area contributed by atoms with Crippen LogP contribution in [0.5, 0.6) is 5.75 Å². The number of hydrogen-bond acceptors (Lipinski definition) is 5. The van der Waals surface area contributed by atoms with E-state index in [1.54, 1.807) is 18.7 Å². The molecule has 2 aliphatic heterocycles.